The van der Waals surface area contributed by atoms with Crippen LogP contribution >= 0.6 is 0 Å². The molecule has 102 valence electrons. The standard InChI is InChI=1S/C14H19N3O2/c1-19-10-11-5-7-16(8-11)14-12(9-18)17-6-3-2-4-13(17)15-14/h2-4,6,11,18H,5,7-10H2,1H3. The molecule has 1 atom stereocenters. The minimum atomic E-state index is 0.00591. The van der Waals surface area contributed by atoms with Crippen LogP contribution in [0.5, 0.6) is 0 Å². The molecular formula is C14H19N3O2. The van der Waals surface area contributed by atoms with Crippen molar-refractivity contribution in [3.8, 4) is 0 Å². The Balaban J connectivity index is 1.92. The van der Waals surface area contributed by atoms with E-state index in [1.807, 2.05) is 28.8 Å². The molecule has 2 aromatic rings. The van der Waals surface area contributed by atoms with E-state index in [1.54, 1.807) is 7.11 Å². The Morgan fingerprint density at radius 3 is 3.16 bits per heavy atom. The van der Waals surface area contributed by atoms with Gasteiger partial charge in [0.2, 0.25) is 0 Å². The Bertz CT molecular complexity index is 567. The molecule has 1 saturated heterocycles. The number of pyridine rings is 1. The number of methoxy groups -OCH3 is 1. The van der Waals surface area contributed by atoms with Gasteiger partial charge < -0.3 is 14.7 Å². The van der Waals surface area contributed by atoms with Crippen LogP contribution in [-0.4, -0.2) is 41.3 Å². The third-order valence-electron chi connectivity index (χ3n) is 3.75. The zero-order valence-electron chi connectivity index (χ0n) is 11.1. The van der Waals surface area contributed by atoms with E-state index in [2.05, 4.69) is 9.88 Å². The van der Waals surface area contributed by atoms with E-state index in [4.69, 9.17) is 4.74 Å². The van der Waals surface area contributed by atoms with Crippen LogP contribution in [0, 0.1) is 5.92 Å². The van der Waals surface area contributed by atoms with Crippen molar-refractivity contribution in [2.75, 3.05) is 31.7 Å². The number of fused-ring (bicyclic) bond motifs is 1. The van der Waals surface area contributed by atoms with Gasteiger partial charge >= 0.3 is 0 Å². The highest BCUT2D eigenvalue weighted by molar-refractivity contribution is 5.56. The Labute approximate surface area is 112 Å². The SMILES string of the molecule is COCC1CCN(c2nc3ccccn3c2CO)C1. The summed E-state index contributed by atoms with van der Waals surface area (Å²) >= 11 is 0. The van der Waals surface area contributed by atoms with E-state index < -0.39 is 0 Å². The fourth-order valence-electron chi connectivity index (χ4n) is 2.83. The number of aliphatic hydroxyl groups excluding tert-OH is 1. The molecule has 1 aliphatic heterocycles. The maximum atomic E-state index is 9.62. The number of hydrogen-bond donors (Lipinski definition) is 1. The molecule has 5 nitrogen and oxygen atoms in total. The van der Waals surface area contributed by atoms with E-state index in [9.17, 15) is 5.11 Å². The number of aliphatic hydroxyl groups is 1. The second-order valence-corrected chi connectivity index (χ2v) is 5.03. The quantitative estimate of drug-likeness (QED) is 0.901. The number of rotatable bonds is 4. The van der Waals surface area contributed by atoms with Crippen molar-refractivity contribution >= 4 is 11.5 Å². The number of nitrogens with zero attached hydrogens (tertiary/aromatic N) is 3. The summed E-state index contributed by atoms with van der Waals surface area (Å²) in [5.41, 5.74) is 1.76. The largest absolute Gasteiger partial charge is 0.390 e. The maximum absolute atomic E-state index is 9.62. The van der Waals surface area contributed by atoms with Gasteiger partial charge in [-0.05, 0) is 18.6 Å². The molecule has 0 radical (unpaired) electrons. The zero-order chi connectivity index (χ0) is 13.2. The monoisotopic (exact) mass is 261 g/mol. The van der Waals surface area contributed by atoms with Crippen molar-refractivity contribution in [3.63, 3.8) is 0 Å². The van der Waals surface area contributed by atoms with Gasteiger partial charge in [0.25, 0.3) is 0 Å². The highest BCUT2D eigenvalue weighted by Crippen LogP contribution is 2.27. The van der Waals surface area contributed by atoms with Gasteiger partial charge in [0.05, 0.1) is 18.9 Å². The molecule has 0 amide bonds. The van der Waals surface area contributed by atoms with Crippen LogP contribution in [0.1, 0.15) is 12.1 Å². The van der Waals surface area contributed by atoms with Gasteiger partial charge in [-0.15, -0.1) is 0 Å². The average molecular weight is 261 g/mol. The van der Waals surface area contributed by atoms with Gasteiger partial charge in [-0.1, -0.05) is 6.07 Å². The van der Waals surface area contributed by atoms with Crippen molar-refractivity contribution in [1.82, 2.24) is 9.38 Å². The lowest BCUT2D eigenvalue weighted by molar-refractivity contribution is 0.161. The van der Waals surface area contributed by atoms with Crippen molar-refractivity contribution in [1.29, 1.82) is 0 Å². The molecule has 1 unspecified atom stereocenters. The third-order valence-corrected chi connectivity index (χ3v) is 3.75. The molecule has 2 aromatic heterocycles. The molecule has 0 saturated carbocycles. The van der Waals surface area contributed by atoms with Crippen molar-refractivity contribution < 1.29 is 9.84 Å². The summed E-state index contributed by atoms with van der Waals surface area (Å²) < 4.78 is 7.18. The van der Waals surface area contributed by atoms with E-state index in [1.165, 1.54) is 0 Å². The van der Waals surface area contributed by atoms with Gasteiger partial charge in [0.15, 0.2) is 5.82 Å². The number of aromatic nitrogens is 2. The van der Waals surface area contributed by atoms with Crippen molar-refractivity contribution in [2.45, 2.75) is 13.0 Å². The van der Waals surface area contributed by atoms with E-state index in [0.29, 0.717) is 5.92 Å². The molecule has 1 fully saturated rings. The highest BCUT2D eigenvalue weighted by Gasteiger charge is 2.26. The number of anilines is 1. The first kappa shape index (κ1) is 12.4. The Kier molecular flexibility index (Phi) is 3.40. The topological polar surface area (TPSA) is 50.0 Å². The lowest BCUT2D eigenvalue weighted by atomic mass is 10.1. The van der Waals surface area contributed by atoms with E-state index >= 15 is 0 Å². The van der Waals surface area contributed by atoms with Gasteiger partial charge in [0.1, 0.15) is 5.65 Å². The molecule has 5 heteroatoms. The Morgan fingerprint density at radius 1 is 1.47 bits per heavy atom. The van der Waals surface area contributed by atoms with Crippen molar-refractivity contribution in [2.24, 2.45) is 5.92 Å². The number of ether oxygens (including phenoxy) is 1. The van der Waals surface area contributed by atoms with Gasteiger partial charge in [-0.25, -0.2) is 4.98 Å². The molecule has 0 aromatic carbocycles. The third kappa shape index (κ3) is 2.19. The molecule has 1 aliphatic rings. The lowest BCUT2D eigenvalue weighted by Gasteiger charge is -2.17. The van der Waals surface area contributed by atoms with Crippen LogP contribution in [0.4, 0.5) is 5.82 Å². The van der Waals surface area contributed by atoms with Crippen LogP contribution < -0.4 is 4.90 Å². The second-order valence-electron chi connectivity index (χ2n) is 5.03. The predicted molar refractivity (Wildman–Crippen MR) is 73.3 cm³/mol. The molecule has 3 heterocycles. The second kappa shape index (κ2) is 5.19. The zero-order valence-corrected chi connectivity index (χ0v) is 11.1. The minimum Gasteiger partial charge on any atom is -0.390 e. The summed E-state index contributed by atoms with van der Waals surface area (Å²) in [7, 11) is 1.74. The molecule has 0 aliphatic carbocycles. The average Bonchev–Trinajstić information content (AvgIpc) is 3.02. The molecule has 19 heavy (non-hydrogen) atoms. The molecule has 1 N–H and O–H groups in total. The molecule has 0 spiro atoms. The molecule has 3 rings (SSSR count). The lowest BCUT2D eigenvalue weighted by Crippen LogP contribution is -2.22. The first-order chi connectivity index (χ1) is 9.33. The van der Waals surface area contributed by atoms with Crippen LogP contribution in [0.3, 0.4) is 0 Å². The summed E-state index contributed by atoms with van der Waals surface area (Å²) in [6.07, 6.45) is 3.06. The fraction of sp³-hybridized carbons (Fsp3) is 0.500. The summed E-state index contributed by atoms with van der Waals surface area (Å²) in [6.45, 7) is 2.72. The maximum Gasteiger partial charge on any atom is 0.153 e. The summed E-state index contributed by atoms with van der Waals surface area (Å²) in [5.74, 6) is 1.47. The van der Waals surface area contributed by atoms with Crippen LogP contribution in [0.25, 0.3) is 5.65 Å². The summed E-state index contributed by atoms with van der Waals surface area (Å²) in [6, 6.07) is 5.88. The van der Waals surface area contributed by atoms with E-state index in [0.717, 1.165) is 43.3 Å². The Hall–Kier alpha value is -1.59. The number of imidazole rings is 1. The number of hydrogen-bond acceptors (Lipinski definition) is 4. The first-order valence-corrected chi connectivity index (χ1v) is 6.64. The van der Waals surface area contributed by atoms with Crippen molar-refractivity contribution in [3.05, 3.63) is 30.1 Å². The first-order valence-electron chi connectivity index (χ1n) is 6.64. The molecular weight excluding hydrogens is 242 g/mol. The van der Waals surface area contributed by atoms with Gasteiger partial charge in [-0.2, -0.15) is 0 Å². The highest BCUT2D eigenvalue weighted by atomic mass is 16.5. The molecule has 0 bridgehead atoms. The Morgan fingerprint density at radius 2 is 2.37 bits per heavy atom. The fourth-order valence-corrected chi connectivity index (χ4v) is 2.83. The van der Waals surface area contributed by atoms with E-state index in [-0.39, 0.29) is 6.61 Å². The normalized spacial score (nSPS) is 19.5. The minimum absolute atomic E-state index is 0.00591. The summed E-state index contributed by atoms with van der Waals surface area (Å²) in [4.78, 5) is 6.90. The van der Waals surface area contributed by atoms with Crippen LogP contribution in [0.15, 0.2) is 24.4 Å². The predicted octanol–water partition coefficient (Wildman–Crippen LogP) is 1.30. The summed E-state index contributed by atoms with van der Waals surface area (Å²) in [5, 5.41) is 9.62. The van der Waals surface area contributed by atoms with Crippen LogP contribution in [-0.2, 0) is 11.3 Å². The smallest absolute Gasteiger partial charge is 0.153 e. The van der Waals surface area contributed by atoms with Crippen LogP contribution in [0.2, 0.25) is 0 Å². The van der Waals surface area contributed by atoms with Gasteiger partial charge in [-0.3, -0.25) is 4.40 Å². The van der Waals surface area contributed by atoms with Gasteiger partial charge in [0, 0.05) is 32.3 Å².